The van der Waals surface area contributed by atoms with Crippen LogP contribution in [0.25, 0.3) is 22.5 Å². The summed E-state index contributed by atoms with van der Waals surface area (Å²) in [6, 6.07) is 78.0. The van der Waals surface area contributed by atoms with E-state index in [9.17, 15) is 19.2 Å². The number of aromatic nitrogens is 4. The lowest BCUT2D eigenvalue weighted by Gasteiger charge is -2.41. The third-order valence-electron chi connectivity index (χ3n) is 17.7. The van der Waals surface area contributed by atoms with Crippen molar-refractivity contribution in [3.8, 4) is 22.5 Å². The molecule has 0 spiro atoms. The maximum Gasteiger partial charge on any atom is 0.412 e. The zero-order valence-electron chi connectivity index (χ0n) is 59.5. The molecule has 0 unspecified atom stereocenters. The molecule has 4 atom stereocenters. The van der Waals surface area contributed by atoms with Crippen molar-refractivity contribution < 1.29 is 38.1 Å². The molecule has 17 heteroatoms. The van der Waals surface area contributed by atoms with E-state index >= 15 is 0 Å². The summed E-state index contributed by atoms with van der Waals surface area (Å²) < 4.78 is 28.7. The highest BCUT2D eigenvalue weighted by molar-refractivity contribution is 6.67. The number of nitrogens with one attached hydrogen (secondary N) is 1. The minimum atomic E-state index is -0.941. The summed E-state index contributed by atoms with van der Waals surface area (Å²) in [4.78, 5) is 67.2. The van der Waals surface area contributed by atoms with Gasteiger partial charge in [-0.2, -0.15) is 0 Å². The highest BCUT2D eigenvalue weighted by Gasteiger charge is 2.48. The molecule has 8 aromatic carbocycles. The topological polar surface area (TPSA) is 163 Å². The van der Waals surface area contributed by atoms with E-state index in [1.807, 2.05) is 190 Å². The molecule has 101 heavy (non-hydrogen) atoms. The van der Waals surface area contributed by atoms with E-state index in [4.69, 9.17) is 40.5 Å². The summed E-state index contributed by atoms with van der Waals surface area (Å²) in [7, 11) is 0. The van der Waals surface area contributed by atoms with Gasteiger partial charge in [0.25, 0.3) is 11.1 Å². The Balaban J connectivity index is 0.000000196. The Bertz CT molecular complexity index is 4260. The van der Waals surface area contributed by atoms with Crippen molar-refractivity contribution in [1.82, 2.24) is 39.1 Å². The molecule has 4 heterocycles. The van der Waals surface area contributed by atoms with Gasteiger partial charge in [0.15, 0.2) is 0 Å². The van der Waals surface area contributed by atoms with Crippen LogP contribution >= 0.6 is 11.6 Å². The fourth-order valence-electron chi connectivity index (χ4n) is 12.7. The third kappa shape index (κ3) is 19.9. The average Bonchev–Trinajstić information content (AvgIpc) is 1.67. The number of halogens is 1. The molecular formula is C84H93ClN8O8. The van der Waals surface area contributed by atoms with Gasteiger partial charge in [0.1, 0.15) is 36.3 Å². The Morgan fingerprint density at radius 2 is 0.851 bits per heavy atom. The molecule has 1 N–H and O–H groups in total. The smallest absolute Gasteiger partial charge is 0.412 e. The van der Waals surface area contributed by atoms with E-state index in [0.717, 1.165) is 57.4 Å². The van der Waals surface area contributed by atoms with Gasteiger partial charge in [-0.1, -0.05) is 272 Å². The maximum absolute atomic E-state index is 14.7. The Hall–Kier alpha value is -9.97. The summed E-state index contributed by atoms with van der Waals surface area (Å²) in [6.07, 6.45) is 2.74. The minimum absolute atomic E-state index is 0.0653. The zero-order chi connectivity index (χ0) is 71.7. The summed E-state index contributed by atoms with van der Waals surface area (Å²) in [5, 5.41) is 3.37. The van der Waals surface area contributed by atoms with Crippen molar-refractivity contribution in [3.63, 3.8) is 0 Å². The standard InChI is InChI=1S/C42H46N4O4.C35H42N4O3.C7H5ClO/c1-41(2,3)37(38-43-36(33-22-14-8-15-23-33)29-44(38)26-31-18-10-6-11-19-31)45(39(47)34-24-16-9-17-25-34)27-35-28-46(42(4,5)50-35)40(48)49-30-32-20-12-7-13-21-32;1-34(2,3)31(32-37-30(28-19-13-8-14-20-28)24-38(32)22-26-15-9-6-10-16-26)36-21-29-23-39(35(4,5)42-29)33(40)41-25-27-17-11-7-12-18-27;8-7(9)6-4-2-1-3-5-6/h6-25,29,35,37H,26-28,30H2,1-5H3;6-20,24,29,31,36H,21-23,25H2,1-5H3;1-5H/t35-,37+;29-,31+;/m11./s1. The van der Waals surface area contributed by atoms with Crippen LogP contribution in [0, 0.1) is 10.8 Å². The van der Waals surface area contributed by atoms with Crippen LogP contribution in [0.3, 0.4) is 0 Å². The fraction of sp³-hybridized carbons (Fsp3) is 0.310. The van der Waals surface area contributed by atoms with Crippen LogP contribution in [0.15, 0.2) is 255 Å². The number of ether oxygens (including phenoxy) is 4. The number of carbonyl (C=O) groups excluding carboxylic acids is 4. The lowest BCUT2D eigenvalue weighted by atomic mass is 9.84. The molecular weight excluding hydrogens is 1280 g/mol. The van der Waals surface area contributed by atoms with Gasteiger partial charge in [0.2, 0.25) is 0 Å². The van der Waals surface area contributed by atoms with Gasteiger partial charge in [-0.15, -0.1) is 0 Å². The quantitative estimate of drug-likeness (QED) is 0.0723. The molecule has 524 valence electrons. The number of imidazole rings is 2. The van der Waals surface area contributed by atoms with E-state index in [2.05, 4.69) is 129 Å². The molecule has 0 aliphatic carbocycles. The lowest BCUT2D eigenvalue weighted by molar-refractivity contribution is -0.0786. The van der Waals surface area contributed by atoms with E-state index < -0.39 is 40.3 Å². The summed E-state index contributed by atoms with van der Waals surface area (Å²) in [5.41, 5.74) is 6.89. The number of carbonyl (C=O) groups is 4. The summed E-state index contributed by atoms with van der Waals surface area (Å²) in [6.45, 7) is 23.8. The second-order valence-electron chi connectivity index (χ2n) is 28.5. The highest BCUT2D eigenvalue weighted by Crippen LogP contribution is 2.42. The van der Waals surface area contributed by atoms with E-state index in [1.165, 1.54) is 5.56 Å². The number of hydrogen-bond acceptors (Lipinski definition) is 11. The number of amides is 3. The largest absolute Gasteiger partial charge is 0.444 e. The van der Waals surface area contributed by atoms with Crippen molar-refractivity contribution in [1.29, 1.82) is 0 Å². The Labute approximate surface area is 599 Å². The third-order valence-corrected chi connectivity index (χ3v) is 17.9. The highest BCUT2D eigenvalue weighted by atomic mass is 35.5. The number of hydrogen-bond donors (Lipinski definition) is 1. The van der Waals surface area contributed by atoms with Crippen molar-refractivity contribution >= 4 is 34.9 Å². The Morgan fingerprint density at radius 1 is 0.495 bits per heavy atom. The van der Waals surface area contributed by atoms with Crippen molar-refractivity contribution in [3.05, 3.63) is 300 Å². The van der Waals surface area contributed by atoms with E-state index in [1.54, 1.807) is 34.1 Å². The Kier molecular flexibility index (Phi) is 24.4. The molecule has 10 aromatic rings. The van der Waals surface area contributed by atoms with Crippen LogP contribution in [0.4, 0.5) is 9.59 Å². The minimum Gasteiger partial charge on any atom is -0.444 e. The zero-order valence-corrected chi connectivity index (χ0v) is 60.2. The molecule has 2 aliphatic rings. The lowest BCUT2D eigenvalue weighted by Crippen LogP contribution is -2.47. The average molecular weight is 1380 g/mol. The van der Waals surface area contributed by atoms with Crippen LogP contribution in [0.5, 0.6) is 0 Å². The monoisotopic (exact) mass is 1380 g/mol. The fourth-order valence-corrected chi connectivity index (χ4v) is 12.9. The predicted octanol–water partition coefficient (Wildman–Crippen LogP) is 17.7. The molecule has 2 fully saturated rings. The molecule has 2 aromatic heterocycles. The number of nitrogens with zero attached hydrogens (tertiary/aromatic N) is 7. The second kappa shape index (κ2) is 33.5. The molecule has 3 amide bonds. The second-order valence-corrected chi connectivity index (χ2v) is 28.9. The van der Waals surface area contributed by atoms with Crippen molar-refractivity contribution in [2.45, 2.75) is 131 Å². The van der Waals surface area contributed by atoms with Crippen LogP contribution in [0.2, 0.25) is 0 Å². The molecule has 2 aliphatic heterocycles. The SMILES string of the molecule is CC(C)(C)[C@@H](NC[C@@H]1CN(C(=O)OCc2ccccc2)C(C)(C)O1)c1nc(-c2ccccc2)cn1Cc1ccccc1.CC(C)(C)[C@H](c1nc(-c2ccccc2)cn1Cc1ccccc1)N(C[C@@H]1CN(C(=O)OCc2ccccc2)C(C)(C)O1)C(=O)c1ccccc1.O=C(Cl)c1ccccc1. The van der Waals surface area contributed by atoms with Gasteiger partial charge in [-0.25, -0.2) is 19.6 Å². The molecule has 0 saturated carbocycles. The first-order valence-electron chi connectivity index (χ1n) is 34.4. The summed E-state index contributed by atoms with van der Waals surface area (Å²) >= 11 is 5.16. The van der Waals surface area contributed by atoms with Crippen LogP contribution < -0.4 is 5.32 Å². The van der Waals surface area contributed by atoms with Crippen molar-refractivity contribution in [2.24, 2.45) is 10.8 Å². The van der Waals surface area contributed by atoms with Gasteiger partial charge in [0, 0.05) is 60.8 Å². The molecule has 16 nitrogen and oxygen atoms in total. The molecule has 0 radical (unpaired) electrons. The van der Waals surface area contributed by atoms with Gasteiger partial charge in [0.05, 0.1) is 48.8 Å². The van der Waals surface area contributed by atoms with Gasteiger partial charge < -0.3 is 38.3 Å². The maximum atomic E-state index is 14.7. The Morgan fingerprint density at radius 3 is 1.25 bits per heavy atom. The molecule has 12 rings (SSSR count). The van der Waals surface area contributed by atoms with E-state index in [0.29, 0.717) is 30.8 Å². The van der Waals surface area contributed by atoms with Crippen molar-refractivity contribution in [2.75, 3.05) is 26.2 Å². The predicted molar refractivity (Wildman–Crippen MR) is 397 cm³/mol. The van der Waals surface area contributed by atoms with Gasteiger partial charge in [-0.3, -0.25) is 19.4 Å². The molecule has 0 bridgehead atoms. The molecule has 2 saturated heterocycles. The van der Waals surface area contributed by atoms with Crippen LogP contribution in [0.1, 0.15) is 136 Å². The van der Waals surface area contributed by atoms with Crippen LogP contribution in [-0.2, 0) is 45.3 Å². The van der Waals surface area contributed by atoms with Crippen LogP contribution in [-0.4, -0.2) is 107 Å². The van der Waals surface area contributed by atoms with Gasteiger partial charge in [-0.05, 0) is 84.5 Å². The first-order chi connectivity index (χ1) is 48.4. The first-order valence-corrected chi connectivity index (χ1v) is 34.8. The number of benzene rings is 8. The first kappa shape index (κ1) is 73.7. The normalized spacial score (nSPS) is 16.0. The van der Waals surface area contributed by atoms with E-state index in [-0.39, 0.29) is 55.9 Å². The summed E-state index contributed by atoms with van der Waals surface area (Å²) in [5.74, 6) is 1.62. The number of rotatable bonds is 20. The van der Waals surface area contributed by atoms with Gasteiger partial charge >= 0.3 is 12.2 Å².